The zero-order valence-electron chi connectivity index (χ0n) is 19.0. The van der Waals surface area contributed by atoms with Crippen LogP contribution >= 0.6 is 35.0 Å². The number of carbonyl (C=O) groups excluding carboxylic acids is 1. The van der Waals surface area contributed by atoms with E-state index < -0.39 is 5.82 Å². The second-order valence-electron chi connectivity index (χ2n) is 8.30. The quantitative estimate of drug-likeness (QED) is 0.224. The van der Waals surface area contributed by atoms with E-state index in [2.05, 4.69) is 5.32 Å². The second-order valence-corrected chi connectivity index (χ2v) is 10.1. The molecule has 0 radical (unpaired) electrons. The van der Waals surface area contributed by atoms with Gasteiger partial charge in [-0.15, -0.1) is 0 Å². The number of rotatable bonds is 7. The lowest BCUT2D eigenvalue weighted by molar-refractivity contribution is 0.0943. The van der Waals surface area contributed by atoms with Crippen molar-refractivity contribution in [1.82, 2.24) is 14.9 Å². The third-order valence-electron chi connectivity index (χ3n) is 5.23. The van der Waals surface area contributed by atoms with Crippen molar-refractivity contribution in [3.05, 3.63) is 104 Å². The van der Waals surface area contributed by atoms with E-state index >= 15 is 0 Å². The molecule has 4 rings (SSSR count). The van der Waals surface area contributed by atoms with Gasteiger partial charge in [0, 0.05) is 27.4 Å². The fraction of sp³-hybridized carbons (Fsp3) is 0.192. The summed E-state index contributed by atoms with van der Waals surface area (Å²) in [4.78, 5) is 30.4. The number of nitrogens with zero attached hydrogens (tertiary/aromatic N) is 2. The average molecular weight is 530 g/mol. The molecule has 180 valence electrons. The number of aromatic nitrogens is 2. The summed E-state index contributed by atoms with van der Waals surface area (Å²) in [6, 6.07) is 16.4. The van der Waals surface area contributed by atoms with Gasteiger partial charge in [-0.25, -0.2) is 9.37 Å². The molecule has 0 aliphatic rings. The van der Waals surface area contributed by atoms with Crippen molar-refractivity contribution in [2.75, 3.05) is 0 Å². The van der Waals surface area contributed by atoms with Gasteiger partial charge in [-0.2, -0.15) is 0 Å². The first-order chi connectivity index (χ1) is 16.7. The van der Waals surface area contributed by atoms with E-state index in [0.29, 0.717) is 37.4 Å². The molecular weight excluding hydrogens is 508 g/mol. The lowest BCUT2D eigenvalue weighted by Gasteiger charge is -2.14. The molecule has 3 aromatic carbocycles. The van der Waals surface area contributed by atoms with Crippen LogP contribution < -0.4 is 10.9 Å². The first-order valence-corrected chi connectivity index (χ1v) is 12.6. The SMILES string of the molecule is CC(C)NC(=O)c1ccc(Cn2c(SCc3ccc(F)cc3Cl)nc3ccc(Cl)cc3c2=O)cc1. The van der Waals surface area contributed by atoms with Gasteiger partial charge in [-0.05, 0) is 67.4 Å². The number of carbonyl (C=O) groups is 1. The Hall–Kier alpha value is -2.87. The van der Waals surface area contributed by atoms with Crippen LogP contribution in [0.4, 0.5) is 4.39 Å². The van der Waals surface area contributed by atoms with E-state index in [4.69, 9.17) is 28.2 Å². The summed E-state index contributed by atoms with van der Waals surface area (Å²) in [5.41, 5.74) is 2.41. The molecule has 0 fully saturated rings. The molecule has 9 heteroatoms. The minimum atomic E-state index is -0.410. The topological polar surface area (TPSA) is 64.0 Å². The van der Waals surface area contributed by atoms with Gasteiger partial charge in [-0.1, -0.05) is 53.2 Å². The molecule has 5 nitrogen and oxygen atoms in total. The minimum absolute atomic E-state index is 0.0328. The van der Waals surface area contributed by atoms with Crippen molar-refractivity contribution in [2.45, 2.75) is 37.3 Å². The van der Waals surface area contributed by atoms with Crippen LogP contribution in [0.2, 0.25) is 10.0 Å². The molecule has 0 atom stereocenters. The van der Waals surface area contributed by atoms with E-state index in [1.165, 1.54) is 23.9 Å². The van der Waals surface area contributed by atoms with Crippen molar-refractivity contribution < 1.29 is 9.18 Å². The van der Waals surface area contributed by atoms with Crippen molar-refractivity contribution >= 4 is 51.8 Å². The Kier molecular flexibility index (Phi) is 7.79. The summed E-state index contributed by atoms with van der Waals surface area (Å²) in [6.07, 6.45) is 0. The second kappa shape index (κ2) is 10.8. The third-order valence-corrected chi connectivity index (χ3v) is 6.84. The summed E-state index contributed by atoms with van der Waals surface area (Å²) in [5.74, 6) is -0.163. The summed E-state index contributed by atoms with van der Waals surface area (Å²) in [5, 5.41) is 4.52. The van der Waals surface area contributed by atoms with Gasteiger partial charge in [0.1, 0.15) is 5.82 Å². The number of hydrogen-bond donors (Lipinski definition) is 1. The molecule has 0 aliphatic carbocycles. The van der Waals surface area contributed by atoms with Crippen molar-refractivity contribution in [3.8, 4) is 0 Å². The average Bonchev–Trinajstić information content (AvgIpc) is 2.81. The zero-order valence-corrected chi connectivity index (χ0v) is 21.3. The number of halogens is 3. The lowest BCUT2D eigenvalue weighted by Crippen LogP contribution is -2.30. The smallest absolute Gasteiger partial charge is 0.262 e. The van der Waals surface area contributed by atoms with Crippen LogP contribution in [0.25, 0.3) is 10.9 Å². The summed E-state index contributed by atoms with van der Waals surface area (Å²) >= 11 is 13.7. The molecule has 0 saturated carbocycles. The van der Waals surface area contributed by atoms with Gasteiger partial charge in [0.25, 0.3) is 11.5 Å². The Morgan fingerprint density at radius 1 is 1.09 bits per heavy atom. The van der Waals surface area contributed by atoms with Gasteiger partial charge >= 0.3 is 0 Å². The molecule has 1 heterocycles. The van der Waals surface area contributed by atoms with Crippen LogP contribution in [0, 0.1) is 5.82 Å². The fourth-order valence-corrected chi connectivity index (χ4v) is 4.98. The van der Waals surface area contributed by atoms with Gasteiger partial charge in [0.15, 0.2) is 5.16 Å². The molecule has 1 aromatic heterocycles. The van der Waals surface area contributed by atoms with Gasteiger partial charge < -0.3 is 5.32 Å². The van der Waals surface area contributed by atoms with E-state index in [1.807, 2.05) is 26.0 Å². The highest BCUT2D eigenvalue weighted by Crippen LogP contribution is 2.27. The van der Waals surface area contributed by atoms with Crippen LogP contribution in [-0.2, 0) is 12.3 Å². The van der Waals surface area contributed by atoms with Gasteiger partial charge in [-0.3, -0.25) is 14.2 Å². The van der Waals surface area contributed by atoms with Crippen LogP contribution in [-0.4, -0.2) is 21.5 Å². The van der Waals surface area contributed by atoms with Crippen molar-refractivity contribution in [3.63, 3.8) is 0 Å². The van der Waals surface area contributed by atoms with E-state index in [1.54, 1.807) is 41.0 Å². The number of amides is 1. The van der Waals surface area contributed by atoms with Crippen LogP contribution in [0.3, 0.4) is 0 Å². The maximum absolute atomic E-state index is 13.4. The summed E-state index contributed by atoms with van der Waals surface area (Å²) in [7, 11) is 0. The molecule has 0 saturated heterocycles. The minimum Gasteiger partial charge on any atom is -0.350 e. The van der Waals surface area contributed by atoms with Crippen LogP contribution in [0.5, 0.6) is 0 Å². The highest BCUT2D eigenvalue weighted by Gasteiger charge is 2.15. The van der Waals surface area contributed by atoms with Crippen molar-refractivity contribution in [2.24, 2.45) is 0 Å². The van der Waals surface area contributed by atoms with E-state index in [0.717, 1.165) is 11.1 Å². The predicted octanol–water partition coefficient (Wildman–Crippen LogP) is 6.32. The first-order valence-electron chi connectivity index (χ1n) is 10.9. The highest BCUT2D eigenvalue weighted by atomic mass is 35.5. The molecule has 0 aliphatic heterocycles. The summed E-state index contributed by atoms with van der Waals surface area (Å²) in [6.45, 7) is 4.05. The zero-order chi connectivity index (χ0) is 25.1. The largest absolute Gasteiger partial charge is 0.350 e. The van der Waals surface area contributed by atoms with E-state index in [-0.39, 0.29) is 24.1 Å². The fourth-order valence-electron chi connectivity index (χ4n) is 3.49. The molecule has 4 aromatic rings. The molecule has 0 spiro atoms. The number of fused-ring (bicyclic) bond motifs is 1. The Labute approximate surface area is 216 Å². The number of benzene rings is 3. The normalized spacial score (nSPS) is 11.3. The third kappa shape index (κ3) is 6.04. The van der Waals surface area contributed by atoms with Crippen LogP contribution in [0.15, 0.2) is 70.6 Å². The monoisotopic (exact) mass is 529 g/mol. The molecular formula is C26H22Cl2FN3O2S. The van der Waals surface area contributed by atoms with Crippen molar-refractivity contribution in [1.29, 1.82) is 0 Å². The Morgan fingerprint density at radius 2 is 1.83 bits per heavy atom. The Balaban J connectivity index is 1.68. The number of nitrogens with one attached hydrogen (secondary N) is 1. The Bertz CT molecular complexity index is 1460. The number of hydrogen-bond acceptors (Lipinski definition) is 4. The van der Waals surface area contributed by atoms with E-state index in [9.17, 15) is 14.0 Å². The standard InChI is InChI=1S/C26H22Cl2FN3O2S/c1-15(2)30-24(33)17-5-3-16(4-6-17)13-32-25(34)21-11-19(27)8-10-23(21)31-26(32)35-14-18-7-9-20(29)12-22(18)28/h3-12,15H,13-14H2,1-2H3,(H,30,33). The predicted molar refractivity (Wildman–Crippen MR) is 140 cm³/mol. The highest BCUT2D eigenvalue weighted by molar-refractivity contribution is 7.98. The maximum atomic E-state index is 13.4. The maximum Gasteiger partial charge on any atom is 0.262 e. The first kappa shape index (κ1) is 25.2. The number of thioether (sulfide) groups is 1. The van der Waals surface area contributed by atoms with Gasteiger partial charge in [0.05, 0.1) is 17.4 Å². The lowest BCUT2D eigenvalue weighted by atomic mass is 10.1. The summed E-state index contributed by atoms with van der Waals surface area (Å²) < 4.78 is 15.0. The molecule has 0 unspecified atom stereocenters. The Morgan fingerprint density at radius 3 is 2.51 bits per heavy atom. The molecule has 1 N–H and O–H groups in total. The molecule has 1 amide bonds. The van der Waals surface area contributed by atoms with Gasteiger partial charge in [0.2, 0.25) is 0 Å². The molecule has 35 heavy (non-hydrogen) atoms. The molecule has 0 bridgehead atoms. The van der Waals surface area contributed by atoms with Crippen LogP contribution in [0.1, 0.15) is 35.3 Å².